The normalized spacial score (nSPS) is 14.1. The summed E-state index contributed by atoms with van der Waals surface area (Å²) in [6.45, 7) is 1.41. The number of nitro benzene ring substituents is 1. The van der Waals surface area contributed by atoms with Crippen molar-refractivity contribution in [1.82, 2.24) is 0 Å². The standard InChI is InChI=1S/C16H18N2O5S/c1-12(14-8-5-9-15(10-14)18(19)20)24(21,22)23-16(11-17)13-6-3-2-4-7-13/h2-10,12,16H,11,17H2,1H3. The number of nitrogens with two attached hydrogens (primary N) is 1. The highest BCUT2D eigenvalue weighted by molar-refractivity contribution is 7.87. The second-order valence-corrected chi connectivity index (χ2v) is 7.10. The Morgan fingerprint density at radius 1 is 1.12 bits per heavy atom. The molecule has 24 heavy (non-hydrogen) atoms. The smallest absolute Gasteiger partial charge is 0.274 e. The average Bonchev–Trinajstić information content (AvgIpc) is 2.59. The predicted molar refractivity (Wildman–Crippen MR) is 89.8 cm³/mol. The van der Waals surface area contributed by atoms with Crippen LogP contribution in [0.4, 0.5) is 5.69 Å². The summed E-state index contributed by atoms with van der Waals surface area (Å²) < 4.78 is 30.3. The van der Waals surface area contributed by atoms with Crippen molar-refractivity contribution in [1.29, 1.82) is 0 Å². The molecule has 0 fully saturated rings. The summed E-state index contributed by atoms with van der Waals surface area (Å²) in [5, 5.41) is 9.78. The molecule has 0 saturated heterocycles. The molecule has 2 aromatic rings. The number of hydrogen-bond donors (Lipinski definition) is 1. The Balaban J connectivity index is 2.26. The molecule has 0 amide bonds. The summed E-state index contributed by atoms with van der Waals surface area (Å²) in [6, 6.07) is 14.3. The van der Waals surface area contributed by atoms with Crippen molar-refractivity contribution >= 4 is 15.8 Å². The highest BCUT2D eigenvalue weighted by Gasteiger charge is 2.28. The molecule has 128 valence electrons. The van der Waals surface area contributed by atoms with E-state index in [0.29, 0.717) is 5.56 Å². The van der Waals surface area contributed by atoms with Crippen LogP contribution in [0.25, 0.3) is 0 Å². The molecule has 0 aliphatic carbocycles. The third-order valence-corrected chi connectivity index (χ3v) is 5.26. The van der Waals surface area contributed by atoms with Gasteiger partial charge >= 0.3 is 0 Å². The fraction of sp³-hybridized carbons (Fsp3) is 0.250. The lowest BCUT2D eigenvalue weighted by Gasteiger charge is -2.19. The maximum absolute atomic E-state index is 12.5. The molecule has 0 aromatic heterocycles. The van der Waals surface area contributed by atoms with E-state index in [0.717, 1.165) is 0 Å². The van der Waals surface area contributed by atoms with E-state index in [2.05, 4.69) is 0 Å². The van der Waals surface area contributed by atoms with Gasteiger partial charge in [-0.15, -0.1) is 0 Å². The lowest BCUT2D eigenvalue weighted by Crippen LogP contribution is -2.22. The minimum Gasteiger partial charge on any atom is -0.328 e. The molecule has 2 aromatic carbocycles. The minimum atomic E-state index is -4.02. The maximum atomic E-state index is 12.5. The first kappa shape index (κ1) is 18.1. The lowest BCUT2D eigenvalue weighted by atomic mass is 10.1. The Bertz CT molecular complexity index is 808. The van der Waals surface area contributed by atoms with Gasteiger partial charge in [-0.05, 0) is 18.1 Å². The van der Waals surface area contributed by atoms with Gasteiger partial charge in [0.25, 0.3) is 15.8 Å². The highest BCUT2D eigenvalue weighted by Crippen LogP contribution is 2.30. The molecule has 0 heterocycles. The van der Waals surface area contributed by atoms with Crippen molar-refractivity contribution < 1.29 is 17.5 Å². The summed E-state index contributed by atoms with van der Waals surface area (Å²) in [4.78, 5) is 10.3. The monoisotopic (exact) mass is 350 g/mol. The summed E-state index contributed by atoms with van der Waals surface area (Å²) >= 11 is 0. The van der Waals surface area contributed by atoms with Gasteiger partial charge in [0.15, 0.2) is 0 Å². The summed E-state index contributed by atoms with van der Waals surface area (Å²) in [5.41, 5.74) is 6.40. The van der Waals surface area contributed by atoms with Crippen molar-refractivity contribution in [3.8, 4) is 0 Å². The second-order valence-electron chi connectivity index (χ2n) is 5.22. The summed E-state index contributed by atoms with van der Waals surface area (Å²) in [7, 11) is -4.02. The zero-order valence-corrected chi connectivity index (χ0v) is 13.8. The lowest BCUT2D eigenvalue weighted by molar-refractivity contribution is -0.384. The molecular weight excluding hydrogens is 332 g/mol. The van der Waals surface area contributed by atoms with Gasteiger partial charge in [0.1, 0.15) is 11.4 Å². The van der Waals surface area contributed by atoms with Gasteiger partial charge < -0.3 is 5.73 Å². The third kappa shape index (κ3) is 4.16. The zero-order chi connectivity index (χ0) is 17.7. The molecule has 0 saturated carbocycles. The molecule has 0 spiro atoms. The van der Waals surface area contributed by atoms with Crippen molar-refractivity contribution in [3.05, 3.63) is 75.8 Å². The predicted octanol–water partition coefficient (Wildman–Crippen LogP) is 2.70. The Morgan fingerprint density at radius 3 is 2.33 bits per heavy atom. The second kappa shape index (κ2) is 7.52. The Morgan fingerprint density at radius 2 is 1.75 bits per heavy atom. The van der Waals surface area contributed by atoms with Gasteiger partial charge in [0.05, 0.1) is 4.92 Å². The molecule has 2 unspecified atom stereocenters. The summed E-state index contributed by atoms with van der Waals surface area (Å²) in [6.07, 6.45) is -0.808. The van der Waals surface area contributed by atoms with E-state index in [4.69, 9.17) is 9.92 Å². The van der Waals surface area contributed by atoms with E-state index in [1.807, 2.05) is 0 Å². The number of nitro groups is 1. The van der Waals surface area contributed by atoms with Crippen molar-refractivity contribution in [2.24, 2.45) is 5.73 Å². The van der Waals surface area contributed by atoms with Gasteiger partial charge in [-0.2, -0.15) is 8.42 Å². The quantitative estimate of drug-likeness (QED) is 0.467. The van der Waals surface area contributed by atoms with Crippen LogP contribution in [0.5, 0.6) is 0 Å². The molecular formula is C16H18N2O5S. The highest BCUT2D eigenvalue weighted by atomic mass is 32.2. The molecule has 2 rings (SSSR count). The van der Waals surface area contributed by atoms with Crippen LogP contribution in [0.15, 0.2) is 54.6 Å². The van der Waals surface area contributed by atoms with Gasteiger partial charge in [0.2, 0.25) is 0 Å². The van der Waals surface area contributed by atoms with Crippen LogP contribution in [-0.4, -0.2) is 19.9 Å². The third-order valence-electron chi connectivity index (χ3n) is 3.62. The maximum Gasteiger partial charge on any atom is 0.274 e. The molecule has 8 heteroatoms. The van der Waals surface area contributed by atoms with E-state index in [9.17, 15) is 18.5 Å². The number of rotatable bonds is 7. The zero-order valence-electron chi connectivity index (χ0n) is 13.0. The number of hydrogen-bond acceptors (Lipinski definition) is 6. The molecule has 0 radical (unpaired) electrons. The molecule has 2 N–H and O–H groups in total. The number of non-ortho nitro benzene ring substituents is 1. The first-order chi connectivity index (χ1) is 11.3. The Hall–Kier alpha value is -2.29. The van der Waals surface area contributed by atoms with Gasteiger partial charge in [-0.3, -0.25) is 14.3 Å². The minimum absolute atomic E-state index is 0.00903. The van der Waals surface area contributed by atoms with E-state index >= 15 is 0 Å². The van der Waals surface area contributed by atoms with Gasteiger partial charge in [-0.25, -0.2) is 0 Å². The van der Waals surface area contributed by atoms with E-state index < -0.39 is 26.4 Å². The molecule has 7 nitrogen and oxygen atoms in total. The van der Waals surface area contributed by atoms with Crippen molar-refractivity contribution in [3.63, 3.8) is 0 Å². The van der Waals surface area contributed by atoms with E-state index in [1.165, 1.54) is 31.2 Å². The van der Waals surface area contributed by atoms with Crippen LogP contribution in [0, 0.1) is 10.1 Å². The first-order valence-electron chi connectivity index (χ1n) is 7.26. The Kier molecular flexibility index (Phi) is 5.66. The topological polar surface area (TPSA) is 113 Å². The van der Waals surface area contributed by atoms with E-state index in [-0.39, 0.29) is 17.8 Å². The van der Waals surface area contributed by atoms with Gasteiger partial charge in [-0.1, -0.05) is 42.5 Å². The van der Waals surface area contributed by atoms with Crippen LogP contribution in [0.2, 0.25) is 0 Å². The van der Waals surface area contributed by atoms with Crippen LogP contribution in [0.3, 0.4) is 0 Å². The van der Waals surface area contributed by atoms with E-state index in [1.54, 1.807) is 30.3 Å². The largest absolute Gasteiger partial charge is 0.328 e. The molecule has 0 aliphatic rings. The fourth-order valence-electron chi connectivity index (χ4n) is 2.20. The van der Waals surface area contributed by atoms with Crippen molar-refractivity contribution in [2.45, 2.75) is 18.3 Å². The SMILES string of the molecule is CC(c1cccc([N+](=O)[O-])c1)S(=O)(=O)OC(CN)c1ccccc1. The van der Waals surface area contributed by atoms with Crippen LogP contribution >= 0.6 is 0 Å². The van der Waals surface area contributed by atoms with Crippen LogP contribution in [0.1, 0.15) is 29.4 Å². The van der Waals surface area contributed by atoms with Crippen LogP contribution in [-0.2, 0) is 14.3 Å². The number of nitrogens with zero attached hydrogens (tertiary/aromatic N) is 1. The molecule has 2 atom stereocenters. The molecule has 0 bridgehead atoms. The summed E-state index contributed by atoms with van der Waals surface area (Å²) in [5.74, 6) is 0. The Labute approximate surface area is 140 Å². The number of benzene rings is 2. The average molecular weight is 350 g/mol. The molecule has 0 aliphatic heterocycles. The van der Waals surface area contributed by atoms with Gasteiger partial charge in [0, 0.05) is 18.7 Å². The van der Waals surface area contributed by atoms with Crippen molar-refractivity contribution in [2.75, 3.05) is 6.54 Å². The first-order valence-corrected chi connectivity index (χ1v) is 8.73. The fourth-order valence-corrected chi connectivity index (χ4v) is 3.36. The van der Waals surface area contributed by atoms with Crippen LogP contribution < -0.4 is 5.73 Å².